The summed E-state index contributed by atoms with van der Waals surface area (Å²) in [7, 11) is 1.71. The molecule has 3 aliphatic rings. The Bertz CT molecular complexity index is 1450. The van der Waals surface area contributed by atoms with Crippen LogP contribution in [0.5, 0.6) is 11.5 Å². The summed E-state index contributed by atoms with van der Waals surface area (Å²) in [4.78, 5) is 30.6. The van der Waals surface area contributed by atoms with Crippen molar-refractivity contribution < 1.29 is 23.8 Å². The second-order valence-electron chi connectivity index (χ2n) is 13.7. The SMILES string of the molecule is CCOc1cc(C2C3=C(CC(C)(C)CC3=O)N(CCCOC)C3=C2C(=O)CC(C)(C)C3)cc(Br)c1OCc1ccc(Cl)cc1. The van der Waals surface area contributed by atoms with Crippen molar-refractivity contribution in [3.05, 3.63) is 79.6 Å². The highest BCUT2D eigenvalue weighted by molar-refractivity contribution is 9.10. The summed E-state index contributed by atoms with van der Waals surface area (Å²) in [6.07, 6.45) is 3.23. The molecule has 0 amide bonds. The number of hydrogen-bond acceptors (Lipinski definition) is 6. The zero-order chi connectivity index (χ0) is 31.8. The van der Waals surface area contributed by atoms with Gasteiger partial charge in [-0.15, -0.1) is 0 Å². The van der Waals surface area contributed by atoms with E-state index in [0.717, 1.165) is 52.9 Å². The number of ketones is 2. The molecule has 0 saturated carbocycles. The van der Waals surface area contributed by atoms with Gasteiger partial charge in [0.15, 0.2) is 23.1 Å². The van der Waals surface area contributed by atoms with Gasteiger partial charge >= 0.3 is 0 Å². The number of allylic oxidation sites excluding steroid dienone is 4. The minimum atomic E-state index is -0.466. The van der Waals surface area contributed by atoms with Gasteiger partial charge in [-0.25, -0.2) is 0 Å². The predicted molar refractivity (Wildman–Crippen MR) is 177 cm³/mol. The molecule has 2 aromatic carbocycles. The zero-order valence-electron chi connectivity index (χ0n) is 26.6. The highest BCUT2D eigenvalue weighted by atomic mass is 79.9. The van der Waals surface area contributed by atoms with Crippen LogP contribution in [0.4, 0.5) is 0 Å². The molecular formula is C36H43BrClNO5. The van der Waals surface area contributed by atoms with Crippen molar-refractivity contribution in [2.24, 2.45) is 10.8 Å². The van der Waals surface area contributed by atoms with Gasteiger partial charge < -0.3 is 19.1 Å². The standard InChI is InChI=1S/C36H43BrClNO5/c1-7-43-30-16-23(15-25(37)34(30)44-21-22-9-11-24(38)12-10-22)31-32-26(17-35(2,3)19-28(32)40)39(13-8-14-42-6)27-18-36(4,5)20-29(41)33(27)31/h9-12,15-16,31H,7-8,13-14,17-21H2,1-6H3. The summed E-state index contributed by atoms with van der Waals surface area (Å²) in [5.74, 6) is 0.911. The Labute approximate surface area is 274 Å². The Hall–Kier alpha value is -2.61. The van der Waals surface area contributed by atoms with Crippen LogP contribution in [0.1, 0.15) is 83.8 Å². The van der Waals surface area contributed by atoms with Crippen molar-refractivity contribution in [2.45, 2.75) is 79.2 Å². The summed E-state index contributed by atoms with van der Waals surface area (Å²) >= 11 is 9.83. The molecule has 44 heavy (non-hydrogen) atoms. The smallest absolute Gasteiger partial charge is 0.175 e. The van der Waals surface area contributed by atoms with Crippen molar-refractivity contribution in [1.29, 1.82) is 0 Å². The highest BCUT2D eigenvalue weighted by Crippen LogP contribution is 2.55. The van der Waals surface area contributed by atoms with E-state index in [2.05, 4.69) is 48.5 Å². The number of nitrogens with zero attached hydrogens (tertiary/aromatic N) is 1. The molecular weight excluding hydrogens is 642 g/mol. The van der Waals surface area contributed by atoms with E-state index in [-0.39, 0.29) is 22.4 Å². The molecule has 0 unspecified atom stereocenters. The van der Waals surface area contributed by atoms with Gasteiger partial charge in [0.2, 0.25) is 0 Å². The minimum Gasteiger partial charge on any atom is -0.490 e. The van der Waals surface area contributed by atoms with Gasteiger partial charge in [0.1, 0.15) is 6.61 Å². The quantitative estimate of drug-likeness (QED) is 0.233. The van der Waals surface area contributed by atoms with E-state index in [9.17, 15) is 9.59 Å². The molecule has 0 spiro atoms. The van der Waals surface area contributed by atoms with Crippen molar-refractivity contribution in [3.63, 3.8) is 0 Å². The van der Waals surface area contributed by atoms with Gasteiger partial charge in [0.05, 0.1) is 11.1 Å². The number of methoxy groups -OCH3 is 1. The molecule has 0 bridgehead atoms. The lowest BCUT2D eigenvalue weighted by Gasteiger charge is -2.49. The number of benzene rings is 2. The van der Waals surface area contributed by atoms with Crippen LogP contribution >= 0.6 is 27.5 Å². The fraction of sp³-hybridized carbons (Fsp3) is 0.500. The number of ether oxygens (including phenoxy) is 3. The number of carbonyl (C=O) groups excluding carboxylic acids is 2. The molecule has 0 atom stereocenters. The van der Waals surface area contributed by atoms with Crippen LogP contribution in [0.2, 0.25) is 5.02 Å². The Kier molecular flexibility index (Phi) is 9.69. The third kappa shape index (κ3) is 6.80. The second-order valence-corrected chi connectivity index (χ2v) is 15.0. The molecule has 5 rings (SSSR count). The number of rotatable bonds is 10. The first-order valence-electron chi connectivity index (χ1n) is 15.5. The number of Topliss-reactive ketones (excluding diaryl/α,β-unsaturated/α-hetero) is 2. The van der Waals surface area contributed by atoms with Gasteiger partial charge in [-0.2, -0.15) is 0 Å². The maximum atomic E-state index is 14.1. The molecule has 6 nitrogen and oxygen atoms in total. The van der Waals surface area contributed by atoms with Crippen LogP contribution in [-0.2, 0) is 20.9 Å². The van der Waals surface area contributed by atoms with Crippen molar-refractivity contribution in [3.8, 4) is 11.5 Å². The average molecular weight is 685 g/mol. The van der Waals surface area contributed by atoms with Gasteiger partial charge in [0.25, 0.3) is 0 Å². The van der Waals surface area contributed by atoms with Crippen LogP contribution in [0.3, 0.4) is 0 Å². The molecule has 0 fully saturated rings. The third-order valence-electron chi connectivity index (χ3n) is 8.71. The lowest BCUT2D eigenvalue weighted by Crippen LogP contribution is -2.44. The summed E-state index contributed by atoms with van der Waals surface area (Å²) in [5.41, 5.74) is 5.07. The predicted octanol–water partition coefficient (Wildman–Crippen LogP) is 8.80. The average Bonchev–Trinajstić information content (AvgIpc) is 2.92. The van der Waals surface area contributed by atoms with Crippen molar-refractivity contribution in [1.82, 2.24) is 4.90 Å². The Morgan fingerprint density at radius 1 is 0.909 bits per heavy atom. The van der Waals surface area contributed by atoms with Crippen LogP contribution in [0.25, 0.3) is 0 Å². The number of halogens is 2. The van der Waals surface area contributed by atoms with E-state index in [1.165, 1.54) is 0 Å². The fourth-order valence-electron chi connectivity index (χ4n) is 6.91. The Morgan fingerprint density at radius 2 is 1.50 bits per heavy atom. The van der Waals surface area contributed by atoms with E-state index in [1.807, 2.05) is 43.3 Å². The molecule has 0 radical (unpaired) electrons. The van der Waals surface area contributed by atoms with Crippen LogP contribution in [0.15, 0.2) is 63.4 Å². The normalized spacial score (nSPS) is 19.7. The molecule has 0 N–H and O–H groups in total. The lowest BCUT2D eigenvalue weighted by molar-refractivity contribution is -0.119. The summed E-state index contributed by atoms with van der Waals surface area (Å²) in [6.45, 7) is 12.7. The molecule has 236 valence electrons. The molecule has 0 aromatic heterocycles. The van der Waals surface area contributed by atoms with Crippen LogP contribution in [-0.4, -0.2) is 43.3 Å². The summed E-state index contributed by atoms with van der Waals surface area (Å²) < 4.78 is 18.5. The molecule has 2 aromatic rings. The topological polar surface area (TPSA) is 65.1 Å². The van der Waals surface area contributed by atoms with E-state index in [0.29, 0.717) is 60.2 Å². The third-order valence-corrected chi connectivity index (χ3v) is 9.55. The Morgan fingerprint density at radius 3 is 2.05 bits per heavy atom. The Balaban J connectivity index is 1.65. The maximum Gasteiger partial charge on any atom is 0.175 e. The molecule has 0 saturated heterocycles. The minimum absolute atomic E-state index is 0.110. The van der Waals surface area contributed by atoms with E-state index in [1.54, 1.807) is 7.11 Å². The number of hydrogen-bond donors (Lipinski definition) is 0. The monoisotopic (exact) mass is 683 g/mol. The number of carbonyl (C=O) groups is 2. The molecule has 8 heteroatoms. The molecule has 1 heterocycles. The van der Waals surface area contributed by atoms with Crippen molar-refractivity contribution in [2.75, 3.05) is 26.9 Å². The highest BCUT2D eigenvalue weighted by Gasteiger charge is 2.49. The lowest BCUT2D eigenvalue weighted by atomic mass is 9.63. The second kappa shape index (κ2) is 13.0. The zero-order valence-corrected chi connectivity index (χ0v) is 29.0. The first-order chi connectivity index (χ1) is 20.8. The van der Waals surface area contributed by atoms with E-state index < -0.39 is 5.92 Å². The maximum absolute atomic E-state index is 14.1. The van der Waals surface area contributed by atoms with Gasteiger partial charge in [-0.1, -0.05) is 51.4 Å². The first-order valence-corrected chi connectivity index (χ1v) is 16.6. The largest absolute Gasteiger partial charge is 0.490 e. The summed E-state index contributed by atoms with van der Waals surface area (Å²) in [5, 5.41) is 0.669. The van der Waals surface area contributed by atoms with Crippen molar-refractivity contribution >= 4 is 39.1 Å². The van der Waals surface area contributed by atoms with Crippen LogP contribution < -0.4 is 9.47 Å². The molecule has 1 aliphatic heterocycles. The van der Waals surface area contributed by atoms with Gasteiger partial charge in [-0.05, 0) is 88.3 Å². The van der Waals surface area contributed by atoms with E-state index in [4.69, 9.17) is 25.8 Å². The van der Waals surface area contributed by atoms with Gasteiger partial charge in [-0.3, -0.25) is 9.59 Å². The molecule has 2 aliphatic carbocycles. The summed E-state index contributed by atoms with van der Waals surface area (Å²) in [6, 6.07) is 11.5. The fourth-order valence-corrected chi connectivity index (χ4v) is 7.61. The van der Waals surface area contributed by atoms with Crippen LogP contribution in [0, 0.1) is 10.8 Å². The van der Waals surface area contributed by atoms with E-state index >= 15 is 0 Å². The van der Waals surface area contributed by atoms with Gasteiger partial charge in [0, 0.05) is 66.6 Å². The first kappa shape index (κ1) is 32.8.